The zero-order valence-electron chi connectivity index (χ0n) is 10.9. The summed E-state index contributed by atoms with van der Waals surface area (Å²) < 4.78 is 1.14. The number of thiazole rings is 1. The molecule has 0 fully saturated rings. The molecule has 0 aliphatic rings. The summed E-state index contributed by atoms with van der Waals surface area (Å²) in [5.41, 5.74) is 2.37. The minimum atomic E-state index is -0.773. The van der Waals surface area contributed by atoms with E-state index in [-0.39, 0.29) is 11.8 Å². The van der Waals surface area contributed by atoms with E-state index in [1.165, 1.54) is 5.56 Å². The van der Waals surface area contributed by atoms with Gasteiger partial charge in [0.2, 0.25) is 0 Å². The minimum Gasteiger partial charge on any atom is -0.481 e. The molecule has 2 rings (SSSR count). The quantitative estimate of drug-likeness (QED) is 0.920. The molecule has 0 saturated heterocycles. The van der Waals surface area contributed by atoms with Crippen molar-refractivity contribution < 1.29 is 9.90 Å². The lowest BCUT2D eigenvalue weighted by Crippen LogP contribution is -2.10. The van der Waals surface area contributed by atoms with Crippen molar-refractivity contribution in [2.45, 2.75) is 39.0 Å². The predicted octanol–water partition coefficient (Wildman–Crippen LogP) is 3.61. The highest BCUT2D eigenvalue weighted by atomic mass is 32.1. The zero-order valence-corrected chi connectivity index (χ0v) is 11.7. The van der Waals surface area contributed by atoms with Crippen LogP contribution in [-0.4, -0.2) is 16.1 Å². The Morgan fingerprint density at radius 1 is 1.39 bits per heavy atom. The van der Waals surface area contributed by atoms with E-state index in [4.69, 9.17) is 5.11 Å². The van der Waals surface area contributed by atoms with E-state index in [9.17, 15) is 4.79 Å². The second kappa shape index (κ2) is 4.69. The maximum atomic E-state index is 10.6. The van der Waals surface area contributed by atoms with Crippen molar-refractivity contribution >= 4 is 27.5 Å². The SMILES string of the molecule is CC(C)(C)c1ccc2nc(CCC(=O)O)sc2c1. The fraction of sp³-hybridized carbons (Fsp3) is 0.429. The first kappa shape index (κ1) is 13.0. The van der Waals surface area contributed by atoms with Crippen LogP contribution in [0.15, 0.2) is 18.2 Å². The molecular weight excluding hydrogens is 246 g/mol. The lowest BCUT2D eigenvalue weighted by Gasteiger charge is -2.18. The number of rotatable bonds is 3. The highest BCUT2D eigenvalue weighted by Gasteiger charge is 2.15. The van der Waals surface area contributed by atoms with Crippen molar-refractivity contribution in [2.24, 2.45) is 0 Å². The Hall–Kier alpha value is -1.42. The first-order chi connectivity index (χ1) is 8.36. The molecule has 2 aromatic rings. The van der Waals surface area contributed by atoms with Gasteiger partial charge < -0.3 is 5.11 Å². The molecule has 1 N–H and O–H groups in total. The van der Waals surface area contributed by atoms with E-state index in [0.29, 0.717) is 6.42 Å². The molecule has 0 unspecified atom stereocenters. The van der Waals surface area contributed by atoms with Gasteiger partial charge in [-0.2, -0.15) is 0 Å². The van der Waals surface area contributed by atoms with E-state index in [0.717, 1.165) is 15.2 Å². The molecular formula is C14H17NO2S. The van der Waals surface area contributed by atoms with Gasteiger partial charge in [-0.3, -0.25) is 4.79 Å². The van der Waals surface area contributed by atoms with Crippen molar-refractivity contribution in [2.75, 3.05) is 0 Å². The number of carboxylic acid groups (broad SMARTS) is 1. The topological polar surface area (TPSA) is 50.2 Å². The molecule has 1 heterocycles. The molecule has 1 aromatic carbocycles. The van der Waals surface area contributed by atoms with Gasteiger partial charge in [0, 0.05) is 6.42 Å². The molecule has 0 bridgehead atoms. The van der Waals surface area contributed by atoms with E-state index in [1.54, 1.807) is 11.3 Å². The summed E-state index contributed by atoms with van der Waals surface area (Å²) in [5, 5.41) is 9.58. The van der Waals surface area contributed by atoms with Gasteiger partial charge in [0.05, 0.1) is 21.6 Å². The molecule has 0 amide bonds. The average Bonchev–Trinajstić information content (AvgIpc) is 2.66. The molecule has 0 atom stereocenters. The number of hydrogen-bond acceptors (Lipinski definition) is 3. The van der Waals surface area contributed by atoms with Crippen LogP contribution in [-0.2, 0) is 16.6 Å². The Balaban J connectivity index is 2.31. The van der Waals surface area contributed by atoms with Gasteiger partial charge in [-0.15, -0.1) is 11.3 Å². The monoisotopic (exact) mass is 263 g/mol. The van der Waals surface area contributed by atoms with Gasteiger partial charge in [-0.25, -0.2) is 4.98 Å². The van der Waals surface area contributed by atoms with Gasteiger partial charge in [0.15, 0.2) is 0 Å². The number of carboxylic acids is 1. The van der Waals surface area contributed by atoms with Gasteiger partial charge in [0.1, 0.15) is 0 Å². The van der Waals surface area contributed by atoms with Crippen molar-refractivity contribution in [3.63, 3.8) is 0 Å². The standard InChI is InChI=1S/C14H17NO2S/c1-14(2,3)9-4-5-10-11(8-9)18-12(15-10)6-7-13(16)17/h4-5,8H,6-7H2,1-3H3,(H,16,17). The first-order valence-electron chi connectivity index (χ1n) is 5.98. The Labute approximate surface area is 110 Å². The van der Waals surface area contributed by atoms with Crippen LogP contribution in [0.5, 0.6) is 0 Å². The van der Waals surface area contributed by atoms with Gasteiger partial charge in [-0.05, 0) is 23.1 Å². The highest BCUT2D eigenvalue weighted by molar-refractivity contribution is 7.18. The molecule has 96 valence electrons. The Bertz CT molecular complexity index is 581. The van der Waals surface area contributed by atoms with Crippen molar-refractivity contribution in [3.05, 3.63) is 28.8 Å². The zero-order chi connectivity index (χ0) is 13.3. The second-order valence-electron chi connectivity index (χ2n) is 5.43. The molecule has 18 heavy (non-hydrogen) atoms. The van der Waals surface area contributed by atoms with Crippen molar-refractivity contribution in [1.29, 1.82) is 0 Å². The number of aliphatic carboxylic acids is 1. The van der Waals surface area contributed by atoms with Crippen LogP contribution in [0.4, 0.5) is 0 Å². The van der Waals surface area contributed by atoms with Crippen LogP contribution in [0.2, 0.25) is 0 Å². The number of fused-ring (bicyclic) bond motifs is 1. The summed E-state index contributed by atoms with van der Waals surface area (Å²) >= 11 is 1.60. The van der Waals surface area contributed by atoms with Gasteiger partial charge in [0.25, 0.3) is 0 Å². The molecule has 3 nitrogen and oxygen atoms in total. The predicted molar refractivity (Wildman–Crippen MR) is 74.3 cm³/mol. The van der Waals surface area contributed by atoms with Crippen LogP contribution in [0.3, 0.4) is 0 Å². The lowest BCUT2D eigenvalue weighted by molar-refractivity contribution is -0.136. The summed E-state index contributed by atoms with van der Waals surface area (Å²) in [5.74, 6) is -0.773. The van der Waals surface area contributed by atoms with Gasteiger partial charge >= 0.3 is 5.97 Å². The second-order valence-corrected chi connectivity index (χ2v) is 6.55. The summed E-state index contributed by atoms with van der Waals surface area (Å²) in [6.45, 7) is 6.54. The molecule has 1 aromatic heterocycles. The number of aryl methyl sites for hydroxylation is 1. The molecule has 0 aliphatic carbocycles. The third-order valence-corrected chi connectivity index (χ3v) is 3.93. The molecule has 0 saturated carbocycles. The van der Waals surface area contributed by atoms with E-state index >= 15 is 0 Å². The Morgan fingerprint density at radius 2 is 2.11 bits per heavy atom. The third kappa shape index (κ3) is 2.88. The Morgan fingerprint density at radius 3 is 2.72 bits per heavy atom. The average molecular weight is 263 g/mol. The van der Waals surface area contributed by atoms with Crippen LogP contribution in [0.1, 0.15) is 37.8 Å². The minimum absolute atomic E-state index is 0.124. The van der Waals surface area contributed by atoms with Crippen LogP contribution < -0.4 is 0 Å². The first-order valence-corrected chi connectivity index (χ1v) is 6.79. The van der Waals surface area contributed by atoms with Crippen molar-refractivity contribution in [3.8, 4) is 0 Å². The van der Waals surface area contributed by atoms with Crippen LogP contribution in [0.25, 0.3) is 10.2 Å². The smallest absolute Gasteiger partial charge is 0.303 e. The molecule has 0 radical (unpaired) electrons. The normalized spacial score (nSPS) is 11.9. The number of carbonyl (C=O) groups is 1. The van der Waals surface area contributed by atoms with Crippen molar-refractivity contribution in [1.82, 2.24) is 4.98 Å². The fourth-order valence-corrected chi connectivity index (χ4v) is 2.77. The number of hydrogen-bond donors (Lipinski definition) is 1. The van der Waals surface area contributed by atoms with Crippen LogP contribution in [0, 0.1) is 0 Å². The van der Waals surface area contributed by atoms with Crippen LogP contribution >= 0.6 is 11.3 Å². The summed E-state index contributed by atoms with van der Waals surface area (Å²) in [7, 11) is 0. The van der Waals surface area contributed by atoms with E-state index in [2.05, 4.69) is 37.9 Å². The lowest BCUT2D eigenvalue weighted by atomic mass is 9.87. The molecule has 0 aliphatic heterocycles. The summed E-state index contributed by atoms with van der Waals surface area (Å²) in [6, 6.07) is 6.29. The highest BCUT2D eigenvalue weighted by Crippen LogP contribution is 2.29. The maximum absolute atomic E-state index is 10.6. The largest absolute Gasteiger partial charge is 0.481 e. The van der Waals surface area contributed by atoms with E-state index < -0.39 is 5.97 Å². The van der Waals surface area contributed by atoms with E-state index in [1.807, 2.05) is 6.07 Å². The maximum Gasteiger partial charge on any atom is 0.303 e. The third-order valence-electron chi connectivity index (χ3n) is 2.85. The summed E-state index contributed by atoms with van der Waals surface area (Å²) in [4.78, 5) is 15.0. The number of benzene rings is 1. The molecule has 4 heteroatoms. The fourth-order valence-electron chi connectivity index (χ4n) is 1.76. The Kier molecular flexibility index (Phi) is 3.39. The van der Waals surface area contributed by atoms with Gasteiger partial charge in [-0.1, -0.05) is 26.8 Å². The number of nitrogens with zero attached hydrogens (tertiary/aromatic N) is 1. The summed E-state index contributed by atoms with van der Waals surface area (Å²) in [6.07, 6.45) is 0.658. The number of aromatic nitrogens is 1. The molecule has 0 spiro atoms.